The molecule has 1 amide bonds. The first-order valence-corrected chi connectivity index (χ1v) is 6.33. The van der Waals surface area contributed by atoms with E-state index in [0.717, 1.165) is 18.6 Å². The van der Waals surface area contributed by atoms with Crippen LogP contribution in [0.1, 0.15) is 42.6 Å². The first-order valence-electron chi connectivity index (χ1n) is 6.33. The fraction of sp³-hybridized carbons (Fsp3) is 0.500. The molecule has 1 unspecified atom stereocenters. The molecule has 20 heavy (non-hydrogen) atoms. The van der Waals surface area contributed by atoms with Gasteiger partial charge in [-0.1, -0.05) is 19.4 Å². The molecule has 6 heteroatoms. The minimum atomic E-state index is -4.81. The van der Waals surface area contributed by atoms with Crippen LogP contribution in [0.3, 0.4) is 0 Å². The van der Waals surface area contributed by atoms with Crippen molar-refractivity contribution in [1.29, 1.82) is 0 Å². The summed E-state index contributed by atoms with van der Waals surface area (Å²) in [5.41, 5.74) is -1.97. The van der Waals surface area contributed by atoms with Crippen LogP contribution < -0.4 is 0 Å². The summed E-state index contributed by atoms with van der Waals surface area (Å²) in [6.07, 6.45) is -3.29. The Kier molecular flexibility index (Phi) is 5.14. The predicted octanol–water partition coefficient (Wildman–Crippen LogP) is 4.11. The van der Waals surface area contributed by atoms with Gasteiger partial charge in [-0.15, -0.1) is 0 Å². The Morgan fingerprint density at radius 1 is 1.35 bits per heavy atom. The average molecular weight is 291 g/mol. The van der Waals surface area contributed by atoms with Crippen molar-refractivity contribution < 1.29 is 22.4 Å². The summed E-state index contributed by atoms with van der Waals surface area (Å²) in [6.45, 7) is 3.70. The Bertz CT molecular complexity index is 485. The molecule has 0 aromatic heterocycles. The van der Waals surface area contributed by atoms with E-state index < -0.39 is 29.0 Å². The second kappa shape index (κ2) is 6.24. The van der Waals surface area contributed by atoms with Gasteiger partial charge in [0, 0.05) is 13.1 Å². The molecule has 0 aliphatic carbocycles. The smallest absolute Gasteiger partial charge is 0.339 e. The standard InChI is InChI=1S/C14H17F4NO/c1-4-6-9(2)19(3)13(20)10-7-5-8-11(12(10)15)14(16,17)18/h5,7-9H,4,6H2,1-3H3. The van der Waals surface area contributed by atoms with Crippen molar-refractivity contribution in [3.8, 4) is 0 Å². The van der Waals surface area contributed by atoms with Crippen molar-refractivity contribution in [2.45, 2.75) is 38.9 Å². The number of halogens is 4. The van der Waals surface area contributed by atoms with Crippen LogP contribution in [0.15, 0.2) is 18.2 Å². The lowest BCUT2D eigenvalue weighted by Gasteiger charge is -2.25. The molecule has 0 fully saturated rings. The van der Waals surface area contributed by atoms with Crippen molar-refractivity contribution in [3.63, 3.8) is 0 Å². The number of hydrogen-bond acceptors (Lipinski definition) is 1. The van der Waals surface area contributed by atoms with E-state index in [9.17, 15) is 22.4 Å². The molecule has 0 spiro atoms. The van der Waals surface area contributed by atoms with Crippen LogP contribution in [0, 0.1) is 5.82 Å². The van der Waals surface area contributed by atoms with E-state index in [2.05, 4.69) is 0 Å². The monoisotopic (exact) mass is 291 g/mol. The van der Waals surface area contributed by atoms with Crippen LogP contribution in [0.2, 0.25) is 0 Å². The summed E-state index contributed by atoms with van der Waals surface area (Å²) in [5.74, 6) is -2.25. The third-order valence-corrected chi connectivity index (χ3v) is 3.22. The predicted molar refractivity (Wildman–Crippen MR) is 67.9 cm³/mol. The molecular formula is C14H17F4NO. The van der Waals surface area contributed by atoms with Gasteiger partial charge in [-0.2, -0.15) is 13.2 Å². The summed E-state index contributed by atoms with van der Waals surface area (Å²) >= 11 is 0. The fourth-order valence-electron chi connectivity index (χ4n) is 1.92. The van der Waals surface area contributed by atoms with E-state index in [1.165, 1.54) is 11.9 Å². The van der Waals surface area contributed by atoms with E-state index in [4.69, 9.17) is 0 Å². The minimum Gasteiger partial charge on any atom is -0.339 e. The third-order valence-electron chi connectivity index (χ3n) is 3.22. The van der Waals surface area contributed by atoms with Crippen LogP contribution in [-0.2, 0) is 6.18 Å². The van der Waals surface area contributed by atoms with Crippen molar-refractivity contribution in [2.75, 3.05) is 7.05 Å². The lowest BCUT2D eigenvalue weighted by molar-refractivity contribution is -0.140. The molecule has 112 valence electrons. The maximum Gasteiger partial charge on any atom is 0.419 e. The molecule has 0 radical (unpaired) electrons. The number of rotatable bonds is 4. The number of carbonyl (C=O) groups excluding carboxylic acids is 1. The van der Waals surface area contributed by atoms with Gasteiger partial charge >= 0.3 is 6.18 Å². The molecule has 0 aliphatic rings. The van der Waals surface area contributed by atoms with Gasteiger partial charge in [0.25, 0.3) is 5.91 Å². The SMILES string of the molecule is CCCC(C)N(C)C(=O)c1cccc(C(F)(F)F)c1F. The largest absolute Gasteiger partial charge is 0.419 e. The zero-order valence-corrected chi connectivity index (χ0v) is 11.6. The lowest BCUT2D eigenvalue weighted by Crippen LogP contribution is -2.35. The maximum atomic E-state index is 13.9. The minimum absolute atomic E-state index is 0.165. The topological polar surface area (TPSA) is 20.3 Å². The second-order valence-electron chi connectivity index (χ2n) is 4.72. The highest BCUT2D eigenvalue weighted by molar-refractivity contribution is 5.94. The zero-order valence-electron chi connectivity index (χ0n) is 11.6. The average Bonchev–Trinajstić information content (AvgIpc) is 2.36. The van der Waals surface area contributed by atoms with Crippen molar-refractivity contribution in [2.24, 2.45) is 0 Å². The Morgan fingerprint density at radius 3 is 2.45 bits per heavy atom. The quantitative estimate of drug-likeness (QED) is 0.765. The third kappa shape index (κ3) is 3.49. The molecule has 1 atom stereocenters. The molecule has 1 aromatic rings. The van der Waals surface area contributed by atoms with Gasteiger partial charge in [0.15, 0.2) is 0 Å². The van der Waals surface area contributed by atoms with E-state index in [1.807, 2.05) is 6.92 Å². The van der Waals surface area contributed by atoms with Crippen LogP contribution in [0.4, 0.5) is 17.6 Å². The van der Waals surface area contributed by atoms with Gasteiger partial charge in [-0.25, -0.2) is 4.39 Å². The number of alkyl halides is 3. The Morgan fingerprint density at radius 2 is 1.95 bits per heavy atom. The highest BCUT2D eigenvalue weighted by Gasteiger charge is 2.36. The van der Waals surface area contributed by atoms with Gasteiger partial charge in [-0.05, 0) is 25.5 Å². The summed E-state index contributed by atoms with van der Waals surface area (Å²) in [6, 6.07) is 2.57. The van der Waals surface area contributed by atoms with Gasteiger partial charge in [0.1, 0.15) is 5.82 Å². The number of amides is 1. The summed E-state index contributed by atoms with van der Waals surface area (Å²) in [5, 5.41) is 0. The Balaban J connectivity index is 3.12. The lowest BCUT2D eigenvalue weighted by atomic mass is 10.1. The number of hydrogen-bond donors (Lipinski definition) is 0. The van der Waals surface area contributed by atoms with Crippen LogP contribution in [-0.4, -0.2) is 23.9 Å². The van der Waals surface area contributed by atoms with E-state index in [0.29, 0.717) is 12.5 Å². The highest BCUT2D eigenvalue weighted by atomic mass is 19.4. The molecule has 0 N–H and O–H groups in total. The Hall–Kier alpha value is -1.59. The van der Waals surface area contributed by atoms with Crippen LogP contribution in [0.25, 0.3) is 0 Å². The normalized spacial score (nSPS) is 13.2. The molecule has 0 bridgehead atoms. The van der Waals surface area contributed by atoms with Crippen molar-refractivity contribution in [1.82, 2.24) is 4.90 Å². The molecule has 1 aromatic carbocycles. The molecule has 2 nitrogen and oxygen atoms in total. The van der Waals surface area contributed by atoms with Crippen LogP contribution >= 0.6 is 0 Å². The molecule has 0 saturated carbocycles. The molecular weight excluding hydrogens is 274 g/mol. The molecule has 1 rings (SSSR count). The van der Waals surface area contributed by atoms with Gasteiger partial charge < -0.3 is 4.90 Å². The number of nitrogens with zero attached hydrogens (tertiary/aromatic N) is 1. The first kappa shape index (κ1) is 16.5. The molecule has 0 aliphatic heterocycles. The molecule has 0 heterocycles. The van der Waals surface area contributed by atoms with E-state index >= 15 is 0 Å². The van der Waals surface area contributed by atoms with Crippen molar-refractivity contribution >= 4 is 5.91 Å². The van der Waals surface area contributed by atoms with Gasteiger partial charge in [0.05, 0.1) is 11.1 Å². The zero-order chi connectivity index (χ0) is 15.5. The molecule has 0 saturated heterocycles. The summed E-state index contributed by atoms with van der Waals surface area (Å²) in [4.78, 5) is 13.3. The van der Waals surface area contributed by atoms with E-state index in [-0.39, 0.29) is 6.04 Å². The van der Waals surface area contributed by atoms with Crippen molar-refractivity contribution in [3.05, 3.63) is 35.1 Å². The van der Waals surface area contributed by atoms with Gasteiger partial charge in [0.2, 0.25) is 0 Å². The summed E-state index contributed by atoms with van der Waals surface area (Å²) in [7, 11) is 1.46. The first-order chi connectivity index (χ1) is 9.20. The maximum absolute atomic E-state index is 13.9. The number of carbonyl (C=O) groups is 1. The fourth-order valence-corrected chi connectivity index (χ4v) is 1.92. The number of benzene rings is 1. The highest BCUT2D eigenvalue weighted by Crippen LogP contribution is 2.32. The van der Waals surface area contributed by atoms with Crippen LogP contribution in [0.5, 0.6) is 0 Å². The van der Waals surface area contributed by atoms with Gasteiger partial charge in [-0.3, -0.25) is 4.79 Å². The Labute approximate surface area is 115 Å². The van der Waals surface area contributed by atoms with E-state index in [1.54, 1.807) is 6.92 Å². The summed E-state index contributed by atoms with van der Waals surface area (Å²) < 4.78 is 51.7. The second-order valence-corrected chi connectivity index (χ2v) is 4.72.